The van der Waals surface area contributed by atoms with Gasteiger partial charge in [0.2, 0.25) is 0 Å². The molecule has 2 N–H and O–H groups in total. The van der Waals surface area contributed by atoms with Crippen LogP contribution in [0.15, 0.2) is 36.5 Å². The molecule has 1 aromatic heterocycles. The lowest BCUT2D eigenvalue weighted by atomic mass is 10.1. The van der Waals surface area contributed by atoms with Gasteiger partial charge in [-0.2, -0.15) is 0 Å². The van der Waals surface area contributed by atoms with Crippen molar-refractivity contribution in [3.05, 3.63) is 42.1 Å². The highest BCUT2D eigenvalue weighted by molar-refractivity contribution is 5.81. The van der Waals surface area contributed by atoms with Crippen LogP contribution in [0.3, 0.4) is 0 Å². The van der Waals surface area contributed by atoms with Gasteiger partial charge in [0.05, 0.1) is 11.6 Å². The van der Waals surface area contributed by atoms with Crippen molar-refractivity contribution >= 4 is 10.9 Å². The third-order valence-electron chi connectivity index (χ3n) is 3.18. The fourth-order valence-corrected chi connectivity index (χ4v) is 2.01. The topological polar surface area (TPSA) is 45.1 Å². The highest BCUT2D eigenvalue weighted by Gasteiger charge is 2.02. The summed E-state index contributed by atoms with van der Waals surface area (Å²) in [6.45, 7) is 3.66. The molecule has 2 rings (SSSR count). The number of fused-ring (bicyclic) bond motifs is 1. The van der Waals surface area contributed by atoms with Crippen molar-refractivity contribution in [1.29, 1.82) is 0 Å². The maximum atomic E-state index is 9.48. The van der Waals surface area contributed by atoms with Gasteiger partial charge in [0.1, 0.15) is 0 Å². The first-order valence-corrected chi connectivity index (χ1v) is 6.52. The predicted octanol–water partition coefficient (Wildman–Crippen LogP) is 2.49. The summed E-state index contributed by atoms with van der Waals surface area (Å²) < 4.78 is 0. The Labute approximate surface area is 108 Å². The number of rotatable bonds is 6. The average Bonchev–Trinajstić information content (AvgIpc) is 2.43. The summed E-state index contributed by atoms with van der Waals surface area (Å²) >= 11 is 0. The molecule has 3 heteroatoms. The first-order valence-electron chi connectivity index (χ1n) is 6.52. The van der Waals surface area contributed by atoms with Crippen LogP contribution in [0.2, 0.25) is 0 Å². The molecule has 0 bridgehead atoms. The number of aromatic nitrogens is 1. The van der Waals surface area contributed by atoms with Crippen LogP contribution in [-0.4, -0.2) is 22.7 Å². The van der Waals surface area contributed by atoms with Gasteiger partial charge in [0.25, 0.3) is 0 Å². The lowest BCUT2D eigenvalue weighted by Crippen LogP contribution is -2.19. The molecule has 1 aromatic carbocycles. The third kappa shape index (κ3) is 3.28. The first kappa shape index (κ1) is 13.0. The fourth-order valence-electron chi connectivity index (χ4n) is 2.01. The van der Waals surface area contributed by atoms with E-state index in [9.17, 15) is 5.11 Å². The van der Waals surface area contributed by atoms with Crippen LogP contribution < -0.4 is 5.32 Å². The Hall–Kier alpha value is -1.45. The van der Waals surface area contributed by atoms with Crippen molar-refractivity contribution in [3.63, 3.8) is 0 Å². The van der Waals surface area contributed by atoms with E-state index in [1.54, 1.807) is 0 Å². The Morgan fingerprint density at radius 1 is 1.28 bits per heavy atom. The predicted molar refractivity (Wildman–Crippen MR) is 74.4 cm³/mol. The molecule has 1 heterocycles. The molecule has 0 saturated carbocycles. The maximum absolute atomic E-state index is 9.48. The Kier molecular flexibility index (Phi) is 4.67. The molecule has 2 aromatic rings. The minimum Gasteiger partial charge on any atom is -0.393 e. The lowest BCUT2D eigenvalue weighted by Gasteiger charge is -2.10. The van der Waals surface area contributed by atoms with Crippen molar-refractivity contribution in [3.8, 4) is 0 Å². The van der Waals surface area contributed by atoms with E-state index < -0.39 is 0 Å². The summed E-state index contributed by atoms with van der Waals surface area (Å²) in [5, 5.41) is 14.0. The normalized spacial score (nSPS) is 12.8. The third-order valence-corrected chi connectivity index (χ3v) is 3.18. The monoisotopic (exact) mass is 244 g/mol. The van der Waals surface area contributed by atoms with Crippen LogP contribution in [0.25, 0.3) is 10.9 Å². The van der Waals surface area contributed by atoms with Crippen LogP contribution in [0, 0.1) is 0 Å². The summed E-state index contributed by atoms with van der Waals surface area (Å²) in [5.74, 6) is 0. The molecule has 96 valence electrons. The molecule has 1 atom stereocenters. The molecular formula is C15H20N2O. The summed E-state index contributed by atoms with van der Waals surface area (Å²) in [5.41, 5.74) is 2.29. The molecule has 0 saturated heterocycles. The summed E-state index contributed by atoms with van der Waals surface area (Å²) in [6, 6.07) is 10.2. The van der Waals surface area contributed by atoms with Gasteiger partial charge >= 0.3 is 0 Å². The molecule has 0 aliphatic heterocycles. The average molecular weight is 244 g/mol. The molecule has 0 radical (unpaired) electrons. The van der Waals surface area contributed by atoms with Crippen LogP contribution in [0.1, 0.15) is 25.3 Å². The summed E-state index contributed by atoms with van der Waals surface area (Å²) in [4.78, 5) is 4.34. The molecule has 0 aliphatic rings. The van der Waals surface area contributed by atoms with Gasteiger partial charge in [0, 0.05) is 18.1 Å². The number of aliphatic hydroxyl groups excluding tert-OH is 1. The number of aliphatic hydroxyl groups is 1. The largest absolute Gasteiger partial charge is 0.393 e. The van der Waals surface area contributed by atoms with Gasteiger partial charge in [-0.05, 0) is 37.1 Å². The molecule has 0 spiro atoms. The molecular weight excluding hydrogens is 224 g/mol. The second-order valence-electron chi connectivity index (χ2n) is 4.51. The Balaban J connectivity index is 1.95. The number of benzene rings is 1. The van der Waals surface area contributed by atoms with E-state index in [-0.39, 0.29) is 6.10 Å². The molecule has 0 fully saturated rings. The number of pyridine rings is 1. The zero-order valence-corrected chi connectivity index (χ0v) is 10.8. The smallest absolute Gasteiger partial charge is 0.0705 e. The molecule has 3 nitrogen and oxygen atoms in total. The highest BCUT2D eigenvalue weighted by atomic mass is 16.3. The summed E-state index contributed by atoms with van der Waals surface area (Å²) in [7, 11) is 0. The van der Waals surface area contributed by atoms with Crippen LogP contribution in [0.5, 0.6) is 0 Å². The van der Waals surface area contributed by atoms with Crippen molar-refractivity contribution in [2.24, 2.45) is 0 Å². The van der Waals surface area contributed by atoms with Crippen molar-refractivity contribution < 1.29 is 5.11 Å². The number of nitrogens with zero attached hydrogens (tertiary/aromatic N) is 1. The second kappa shape index (κ2) is 6.47. The Morgan fingerprint density at radius 3 is 2.94 bits per heavy atom. The van der Waals surface area contributed by atoms with Gasteiger partial charge in [-0.25, -0.2) is 0 Å². The maximum Gasteiger partial charge on any atom is 0.0705 e. The van der Waals surface area contributed by atoms with Gasteiger partial charge < -0.3 is 10.4 Å². The van der Waals surface area contributed by atoms with Crippen LogP contribution >= 0.6 is 0 Å². The van der Waals surface area contributed by atoms with Crippen LogP contribution in [-0.2, 0) is 6.54 Å². The number of hydrogen-bond acceptors (Lipinski definition) is 3. The molecule has 0 aliphatic carbocycles. The summed E-state index contributed by atoms with van der Waals surface area (Å²) in [6.07, 6.45) is 3.28. The van der Waals surface area contributed by atoms with Crippen molar-refractivity contribution in [2.75, 3.05) is 6.54 Å². The van der Waals surface area contributed by atoms with Crippen molar-refractivity contribution in [2.45, 2.75) is 32.4 Å². The zero-order valence-electron chi connectivity index (χ0n) is 10.8. The van der Waals surface area contributed by atoms with E-state index in [4.69, 9.17) is 0 Å². The fraction of sp³-hybridized carbons (Fsp3) is 0.400. The zero-order chi connectivity index (χ0) is 12.8. The van der Waals surface area contributed by atoms with E-state index in [1.807, 2.05) is 37.4 Å². The van der Waals surface area contributed by atoms with Gasteiger partial charge in [-0.1, -0.05) is 25.1 Å². The van der Waals surface area contributed by atoms with Crippen LogP contribution in [0.4, 0.5) is 0 Å². The first-order chi connectivity index (χ1) is 8.81. The van der Waals surface area contributed by atoms with Gasteiger partial charge in [-0.3, -0.25) is 4.98 Å². The lowest BCUT2D eigenvalue weighted by molar-refractivity contribution is 0.159. The van der Waals surface area contributed by atoms with Crippen molar-refractivity contribution in [1.82, 2.24) is 10.3 Å². The Bertz CT molecular complexity index is 493. The molecule has 0 amide bonds. The highest BCUT2D eigenvalue weighted by Crippen LogP contribution is 2.15. The van der Waals surface area contributed by atoms with E-state index in [2.05, 4.69) is 16.4 Å². The van der Waals surface area contributed by atoms with E-state index in [1.165, 1.54) is 10.9 Å². The minimum atomic E-state index is -0.188. The SMILES string of the molecule is CCC(O)CCNCc1ccnc2ccccc12. The number of para-hydroxylation sites is 1. The minimum absolute atomic E-state index is 0.188. The van der Waals surface area contributed by atoms with Gasteiger partial charge in [0.15, 0.2) is 0 Å². The molecule has 18 heavy (non-hydrogen) atoms. The number of hydrogen-bond donors (Lipinski definition) is 2. The van der Waals surface area contributed by atoms with Gasteiger partial charge in [-0.15, -0.1) is 0 Å². The quantitative estimate of drug-likeness (QED) is 0.767. The van der Waals surface area contributed by atoms with E-state index >= 15 is 0 Å². The number of nitrogens with one attached hydrogen (secondary N) is 1. The Morgan fingerprint density at radius 2 is 2.11 bits per heavy atom. The van der Waals surface area contributed by atoms with E-state index in [0.717, 1.165) is 31.4 Å². The van der Waals surface area contributed by atoms with E-state index in [0.29, 0.717) is 0 Å². The second-order valence-corrected chi connectivity index (χ2v) is 4.51. The molecule has 1 unspecified atom stereocenters. The standard InChI is InChI=1S/C15H20N2O/c1-2-13(18)8-9-16-11-12-7-10-17-15-6-4-3-5-14(12)15/h3-7,10,13,16,18H,2,8-9,11H2,1H3.